The normalized spacial score (nSPS) is 22.1. The molecule has 0 amide bonds. The molecule has 0 bridgehead atoms. The maximum absolute atomic E-state index is 15.6. The second kappa shape index (κ2) is 10.7. The van der Waals surface area contributed by atoms with Crippen LogP contribution in [0.4, 0.5) is 4.39 Å². The summed E-state index contributed by atoms with van der Waals surface area (Å²) < 4.78 is 50.1. The molecule has 0 aliphatic carbocycles. The standard InChI is InChI=1S/C21H25FN3O10P/c1-12(2)33-19(29)13(3)24-36(31,35-14-7-5-4-6-8-14)32-11-21(22)17(28)16(27)18(34-21)25-10-9-15(26)23-20(25)30/h4-10,12-13,17,27-28H,11H2,1-3H3,(H,24,31)(H,23,26,30)/t13?,17-,21+,36-/m0/s1. The number of nitrogens with zero attached hydrogens (tertiary/aromatic N) is 1. The molecular formula is C21H25FN3O10P. The van der Waals surface area contributed by atoms with Crippen LogP contribution in [0.2, 0.25) is 0 Å². The molecule has 13 nitrogen and oxygen atoms in total. The number of aliphatic hydroxyl groups is 2. The zero-order chi connectivity index (χ0) is 26.7. The van der Waals surface area contributed by atoms with Crippen LogP contribution in [0.15, 0.2) is 57.9 Å². The van der Waals surface area contributed by atoms with E-state index >= 15 is 4.39 Å². The summed E-state index contributed by atoms with van der Waals surface area (Å²) in [5, 5.41) is 22.8. The number of carbonyl (C=O) groups is 1. The fourth-order valence-corrected chi connectivity index (χ4v) is 4.46. The third-order valence-electron chi connectivity index (χ3n) is 4.65. The Labute approximate surface area is 203 Å². The second-order valence-electron chi connectivity index (χ2n) is 7.97. The summed E-state index contributed by atoms with van der Waals surface area (Å²) in [7, 11) is -4.54. The van der Waals surface area contributed by atoms with Crippen molar-refractivity contribution >= 4 is 19.6 Å². The Kier molecular flexibility index (Phi) is 8.04. The van der Waals surface area contributed by atoms with Gasteiger partial charge < -0.3 is 24.2 Å². The van der Waals surface area contributed by atoms with E-state index < -0.39 is 67.3 Å². The molecule has 0 fully saturated rings. The van der Waals surface area contributed by atoms with Crippen LogP contribution in [-0.2, 0) is 23.4 Å². The van der Waals surface area contributed by atoms with Gasteiger partial charge in [-0.25, -0.2) is 13.9 Å². The Morgan fingerprint density at radius 1 is 1.28 bits per heavy atom. The van der Waals surface area contributed by atoms with Gasteiger partial charge in [-0.05, 0) is 32.9 Å². The topological polar surface area (TPSA) is 178 Å². The molecular weight excluding hydrogens is 504 g/mol. The van der Waals surface area contributed by atoms with Crippen molar-refractivity contribution in [1.29, 1.82) is 0 Å². The molecule has 0 saturated carbocycles. The van der Waals surface area contributed by atoms with Crippen molar-refractivity contribution in [3.63, 3.8) is 0 Å². The minimum absolute atomic E-state index is 0.0417. The Balaban J connectivity index is 1.82. The van der Waals surface area contributed by atoms with Gasteiger partial charge in [-0.1, -0.05) is 18.2 Å². The SMILES string of the molecule is CC(C)OC(=O)C(C)N[P@](=O)(OC[C@@]1(F)OC(n2ccc(=O)[nH]c2=O)=C(O)[C@@H]1O)Oc1ccccc1. The van der Waals surface area contributed by atoms with E-state index in [1.807, 2.05) is 4.98 Å². The van der Waals surface area contributed by atoms with Gasteiger partial charge in [0.25, 0.3) is 5.56 Å². The zero-order valence-electron chi connectivity index (χ0n) is 19.4. The molecule has 1 aromatic carbocycles. The van der Waals surface area contributed by atoms with Crippen LogP contribution in [-0.4, -0.2) is 56.4 Å². The molecule has 15 heteroatoms. The summed E-state index contributed by atoms with van der Waals surface area (Å²) in [6.07, 6.45) is -1.96. The van der Waals surface area contributed by atoms with Gasteiger partial charge in [-0.3, -0.25) is 19.1 Å². The quantitative estimate of drug-likeness (QED) is 0.258. The lowest BCUT2D eigenvalue weighted by atomic mass is 10.2. The highest BCUT2D eigenvalue weighted by atomic mass is 31.2. The van der Waals surface area contributed by atoms with Gasteiger partial charge in [0.05, 0.1) is 6.10 Å². The molecule has 1 unspecified atom stereocenters. The first-order valence-corrected chi connectivity index (χ1v) is 12.2. The average Bonchev–Trinajstić information content (AvgIpc) is 3.02. The van der Waals surface area contributed by atoms with Crippen molar-refractivity contribution in [2.45, 2.75) is 44.9 Å². The number of ether oxygens (including phenoxy) is 2. The molecule has 0 saturated heterocycles. The molecule has 1 aliphatic rings. The lowest BCUT2D eigenvalue weighted by Gasteiger charge is -2.27. The monoisotopic (exact) mass is 529 g/mol. The largest absolute Gasteiger partial charge is 0.505 e. The molecule has 3 rings (SSSR count). The Morgan fingerprint density at radius 2 is 1.94 bits per heavy atom. The fourth-order valence-electron chi connectivity index (χ4n) is 2.96. The van der Waals surface area contributed by atoms with Crippen LogP contribution in [0.3, 0.4) is 0 Å². The summed E-state index contributed by atoms with van der Waals surface area (Å²) in [4.78, 5) is 37.4. The number of alkyl halides is 1. The summed E-state index contributed by atoms with van der Waals surface area (Å²) >= 11 is 0. The summed E-state index contributed by atoms with van der Waals surface area (Å²) in [6.45, 7) is 3.24. The summed E-state index contributed by atoms with van der Waals surface area (Å²) in [6, 6.07) is 7.30. The van der Waals surface area contributed by atoms with E-state index in [-0.39, 0.29) is 5.75 Å². The van der Waals surface area contributed by atoms with Gasteiger partial charge in [0, 0.05) is 12.3 Å². The second-order valence-corrected chi connectivity index (χ2v) is 9.67. The minimum atomic E-state index is -4.54. The molecule has 4 N–H and O–H groups in total. The molecule has 36 heavy (non-hydrogen) atoms. The predicted molar refractivity (Wildman–Crippen MR) is 123 cm³/mol. The third kappa shape index (κ3) is 6.21. The number of halogens is 1. The first-order valence-electron chi connectivity index (χ1n) is 10.6. The number of hydrogen-bond donors (Lipinski definition) is 4. The number of esters is 1. The van der Waals surface area contributed by atoms with E-state index in [9.17, 15) is 29.2 Å². The lowest BCUT2D eigenvalue weighted by Crippen LogP contribution is -2.43. The number of rotatable bonds is 10. The highest BCUT2D eigenvalue weighted by Gasteiger charge is 2.54. The van der Waals surface area contributed by atoms with Crippen molar-refractivity contribution in [3.05, 3.63) is 69.2 Å². The van der Waals surface area contributed by atoms with Gasteiger partial charge >= 0.3 is 25.3 Å². The number of aromatic nitrogens is 2. The van der Waals surface area contributed by atoms with Gasteiger partial charge in [-0.15, -0.1) is 0 Å². The fraction of sp³-hybridized carbons (Fsp3) is 0.381. The van der Waals surface area contributed by atoms with E-state index in [1.165, 1.54) is 19.1 Å². The van der Waals surface area contributed by atoms with Gasteiger partial charge in [-0.2, -0.15) is 9.48 Å². The Hall–Kier alpha value is -3.45. The first kappa shape index (κ1) is 27.1. The van der Waals surface area contributed by atoms with Crippen molar-refractivity contribution in [3.8, 4) is 5.75 Å². The van der Waals surface area contributed by atoms with E-state index in [2.05, 4.69) is 5.09 Å². The van der Waals surface area contributed by atoms with E-state index in [0.717, 1.165) is 12.3 Å². The highest BCUT2D eigenvalue weighted by molar-refractivity contribution is 7.52. The average molecular weight is 529 g/mol. The summed E-state index contributed by atoms with van der Waals surface area (Å²) in [5.74, 6) is -5.91. The number of nitrogens with one attached hydrogen (secondary N) is 2. The van der Waals surface area contributed by atoms with Crippen LogP contribution >= 0.6 is 7.75 Å². The van der Waals surface area contributed by atoms with Crippen LogP contribution < -0.4 is 20.9 Å². The lowest BCUT2D eigenvalue weighted by molar-refractivity contribution is -0.163. The Bertz CT molecular complexity index is 1290. The number of para-hydroxylation sites is 1. The third-order valence-corrected chi connectivity index (χ3v) is 6.28. The van der Waals surface area contributed by atoms with Crippen molar-refractivity contribution in [2.24, 2.45) is 0 Å². The molecule has 0 spiro atoms. The van der Waals surface area contributed by atoms with Gasteiger partial charge in [0.15, 0.2) is 11.9 Å². The number of hydrogen-bond acceptors (Lipinski definition) is 10. The van der Waals surface area contributed by atoms with E-state index in [1.54, 1.807) is 32.0 Å². The van der Waals surface area contributed by atoms with Crippen molar-refractivity contribution in [2.75, 3.05) is 6.61 Å². The first-order chi connectivity index (χ1) is 16.8. The van der Waals surface area contributed by atoms with Gasteiger partial charge in [0.2, 0.25) is 5.88 Å². The van der Waals surface area contributed by atoms with Crippen LogP contribution in [0, 0.1) is 0 Å². The van der Waals surface area contributed by atoms with E-state index in [0.29, 0.717) is 4.57 Å². The van der Waals surface area contributed by atoms with E-state index in [4.69, 9.17) is 18.5 Å². The number of H-pyrrole nitrogens is 1. The molecule has 1 aliphatic heterocycles. The minimum Gasteiger partial charge on any atom is -0.505 e. The maximum Gasteiger partial charge on any atom is 0.459 e. The van der Waals surface area contributed by atoms with Crippen molar-refractivity contribution in [1.82, 2.24) is 14.6 Å². The molecule has 4 atom stereocenters. The van der Waals surface area contributed by atoms with Crippen LogP contribution in [0.1, 0.15) is 20.8 Å². The zero-order valence-corrected chi connectivity index (χ0v) is 20.3. The molecule has 196 valence electrons. The number of carbonyl (C=O) groups excluding carboxylic acids is 1. The number of benzene rings is 1. The molecule has 0 radical (unpaired) electrons. The smallest absolute Gasteiger partial charge is 0.459 e. The van der Waals surface area contributed by atoms with Crippen LogP contribution in [0.5, 0.6) is 5.75 Å². The Morgan fingerprint density at radius 3 is 2.56 bits per heavy atom. The van der Waals surface area contributed by atoms with Crippen LogP contribution in [0.25, 0.3) is 5.88 Å². The molecule has 2 heterocycles. The predicted octanol–water partition coefficient (Wildman–Crippen LogP) is 1.41. The van der Waals surface area contributed by atoms with Gasteiger partial charge in [0.1, 0.15) is 18.4 Å². The molecule has 2 aromatic rings. The number of aliphatic hydroxyl groups excluding tert-OH is 2. The summed E-state index contributed by atoms with van der Waals surface area (Å²) in [5.41, 5.74) is -1.85. The maximum atomic E-state index is 15.6. The van der Waals surface area contributed by atoms with Crippen molar-refractivity contribution < 1.29 is 42.5 Å². The molecule has 1 aromatic heterocycles. The highest BCUT2D eigenvalue weighted by Crippen LogP contribution is 2.47. The number of aromatic amines is 1.